The number of hydrogen-bond acceptors (Lipinski definition) is 5. The number of methoxy groups -OCH3 is 1. The van der Waals surface area contributed by atoms with Gasteiger partial charge in [0.2, 0.25) is 11.8 Å². The van der Waals surface area contributed by atoms with Gasteiger partial charge in [-0.1, -0.05) is 12.1 Å². The standard InChI is InChI=1S/C16H17NO5/c1-22-14-8-6-7(13(14)19)11-12(8)16(21)17(15(11)20)9-4-2-3-5-10(9)18/h2-5,7-8,11-14,18-19H,6H2,1H3. The number of imide groups is 1. The number of anilines is 1. The van der Waals surface area contributed by atoms with Gasteiger partial charge in [-0.25, -0.2) is 4.90 Å². The van der Waals surface area contributed by atoms with E-state index in [9.17, 15) is 19.8 Å². The molecule has 116 valence electrons. The zero-order valence-electron chi connectivity index (χ0n) is 12.0. The number of aliphatic hydroxyl groups is 1. The van der Waals surface area contributed by atoms with Crippen LogP contribution < -0.4 is 4.90 Å². The molecule has 2 N–H and O–H groups in total. The molecule has 0 radical (unpaired) electrons. The summed E-state index contributed by atoms with van der Waals surface area (Å²) in [6, 6.07) is 6.31. The Balaban J connectivity index is 1.75. The van der Waals surface area contributed by atoms with Crippen molar-refractivity contribution in [3.63, 3.8) is 0 Å². The Labute approximate surface area is 127 Å². The lowest BCUT2D eigenvalue weighted by Gasteiger charge is -2.31. The van der Waals surface area contributed by atoms with Crippen LogP contribution in [0.2, 0.25) is 0 Å². The number of ether oxygens (including phenoxy) is 1. The fourth-order valence-corrected chi connectivity index (χ4v) is 4.61. The van der Waals surface area contributed by atoms with E-state index in [2.05, 4.69) is 0 Å². The number of phenols is 1. The Hall–Kier alpha value is -1.92. The van der Waals surface area contributed by atoms with Crippen LogP contribution in [0.15, 0.2) is 24.3 Å². The van der Waals surface area contributed by atoms with Gasteiger partial charge in [0, 0.05) is 18.9 Å². The molecule has 2 saturated carbocycles. The van der Waals surface area contributed by atoms with E-state index in [1.165, 1.54) is 13.2 Å². The average molecular weight is 303 g/mol. The predicted octanol–water partition coefficient (Wildman–Crippen LogP) is 0.523. The zero-order chi connectivity index (χ0) is 15.6. The average Bonchev–Trinajstić information content (AvgIpc) is 3.11. The van der Waals surface area contributed by atoms with Gasteiger partial charge in [0.05, 0.1) is 29.7 Å². The highest BCUT2D eigenvalue weighted by Gasteiger charge is 2.67. The van der Waals surface area contributed by atoms with Gasteiger partial charge < -0.3 is 14.9 Å². The van der Waals surface area contributed by atoms with Crippen LogP contribution in [0, 0.1) is 23.7 Å². The van der Waals surface area contributed by atoms with Crippen molar-refractivity contribution in [1.29, 1.82) is 0 Å². The minimum Gasteiger partial charge on any atom is -0.506 e. The van der Waals surface area contributed by atoms with Gasteiger partial charge in [-0.15, -0.1) is 0 Å². The lowest BCUT2D eigenvalue weighted by molar-refractivity contribution is -0.131. The molecule has 2 amide bonds. The zero-order valence-corrected chi connectivity index (χ0v) is 12.0. The van der Waals surface area contributed by atoms with E-state index < -0.39 is 24.0 Å². The van der Waals surface area contributed by atoms with E-state index in [1.54, 1.807) is 18.2 Å². The number of aliphatic hydroxyl groups excluding tert-OH is 1. The lowest BCUT2D eigenvalue weighted by Crippen LogP contribution is -2.44. The van der Waals surface area contributed by atoms with Crippen molar-refractivity contribution in [2.45, 2.75) is 18.6 Å². The number of carbonyl (C=O) groups excluding carboxylic acids is 2. The van der Waals surface area contributed by atoms with Gasteiger partial charge in [0.15, 0.2) is 0 Å². The van der Waals surface area contributed by atoms with Gasteiger partial charge in [0.25, 0.3) is 0 Å². The summed E-state index contributed by atoms with van der Waals surface area (Å²) in [4.78, 5) is 26.6. The molecule has 4 rings (SSSR count). The van der Waals surface area contributed by atoms with Crippen molar-refractivity contribution >= 4 is 17.5 Å². The fraction of sp³-hybridized carbons (Fsp3) is 0.500. The van der Waals surface area contributed by atoms with Crippen molar-refractivity contribution in [2.24, 2.45) is 23.7 Å². The number of benzene rings is 1. The third-order valence-corrected chi connectivity index (χ3v) is 5.46. The van der Waals surface area contributed by atoms with Gasteiger partial charge >= 0.3 is 0 Å². The number of fused-ring (bicyclic) bond motifs is 5. The van der Waals surface area contributed by atoms with E-state index in [0.29, 0.717) is 6.42 Å². The van der Waals surface area contributed by atoms with E-state index in [-0.39, 0.29) is 35.1 Å². The van der Waals surface area contributed by atoms with E-state index in [4.69, 9.17) is 4.74 Å². The van der Waals surface area contributed by atoms with Crippen LogP contribution in [0.3, 0.4) is 0 Å². The molecule has 2 bridgehead atoms. The Morgan fingerprint density at radius 3 is 2.41 bits per heavy atom. The molecule has 1 aromatic carbocycles. The van der Waals surface area contributed by atoms with Gasteiger partial charge in [-0.05, 0) is 18.6 Å². The largest absolute Gasteiger partial charge is 0.506 e. The molecule has 1 aromatic rings. The number of hydrogen-bond donors (Lipinski definition) is 2. The maximum atomic E-state index is 12.8. The summed E-state index contributed by atoms with van der Waals surface area (Å²) in [5.41, 5.74) is 0.217. The van der Waals surface area contributed by atoms with Crippen molar-refractivity contribution in [3.8, 4) is 5.75 Å². The highest BCUT2D eigenvalue weighted by molar-refractivity contribution is 6.23. The molecular weight excluding hydrogens is 286 g/mol. The van der Waals surface area contributed by atoms with Crippen LogP contribution in [0.1, 0.15) is 6.42 Å². The summed E-state index contributed by atoms with van der Waals surface area (Å²) in [6.07, 6.45) is -0.467. The Bertz CT molecular complexity index is 660. The Kier molecular flexibility index (Phi) is 2.83. The molecule has 1 saturated heterocycles. The normalized spacial score (nSPS) is 39.6. The van der Waals surface area contributed by atoms with E-state index in [0.717, 1.165) is 4.90 Å². The number of phenolic OH excluding ortho intramolecular Hbond substituents is 1. The summed E-state index contributed by atoms with van der Waals surface area (Å²) in [5, 5.41) is 20.2. The highest BCUT2D eigenvalue weighted by Crippen LogP contribution is 2.57. The summed E-state index contributed by atoms with van der Waals surface area (Å²) in [7, 11) is 1.52. The summed E-state index contributed by atoms with van der Waals surface area (Å²) < 4.78 is 5.33. The molecular formula is C16H17NO5. The first-order chi connectivity index (χ1) is 10.6. The molecule has 22 heavy (non-hydrogen) atoms. The van der Waals surface area contributed by atoms with E-state index in [1.807, 2.05) is 0 Å². The van der Waals surface area contributed by atoms with Crippen LogP contribution >= 0.6 is 0 Å². The minimum atomic E-state index is -0.711. The number of amides is 2. The number of aromatic hydroxyl groups is 1. The lowest BCUT2D eigenvalue weighted by atomic mass is 9.78. The molecule has 6 atom stereocenters. The Morgan fingerprint density at radius 1 is 1.14 bits per heavy atom. The molecule has 1 heterocycles. The maximum absolute atomic E-state index is 12.8. The summed E-state index contributed by atoms with van der Waals surface area (Å²) in [5.74, 6) is -2.05. The second-order valence-electron chi connectivity index (χ2n) is 6.31. The van der Waals surface area contributed by atoms with Gasteiger partial charge in [-0.2, -0.15) is 0 Å². The molecule has 2 aliphatic carbocycles. The van der Waals surface area contributed by atoms with Gasteiger partial charge in [-0.3, -0.25) is 9.59 Å². The Morgan fingerprint density at radius 2 is 1.77 bits per heavy atom. The van der Waals surface area contributed by atoms with Crippen LogP contribution in [0.4, 0.5) is 5.69 Å². The molecule has 6 heteroatoms. The number of para-hydroxylation sites is 2. The second kappa shape index (κ2) is 4.54. The maximum Gasteiger partial charge on any atom is 0.238 e. The van der Waals surface area contributed by atoms with Crippen LogP contribution in [0.5, 0.6) is 5.75 Å². The minimum absolute atomic E-state index is 0.0969. The second-order valence-corrected chi connectivity index (χ2v) is 6.31. The molecule has 6 nitrogen and oxygen atoms in total. The van der Waals surface area contributed by atoms with Crippen LogP contribution in [0.25, 0.3) is 0 Å². The van der Waals surface area contributed by atoms with Crippen molar-refractivity contribution in [2.75, 3.05) is 12.0 Å². The number of rotatable bonds is 2. The number of nitrogens with zero attached hydrogens (tertiary/aromatic N) is 1. The fourth-order valence-electron chi connectivity index (χ4n) is 4.61. The van der Waals surface area contributed by atoms with Crippen LogP contribution in [-0.4, -0.2) is 41.3 Å². The molecule has 1 aliphatic heterocycles. The van der Waals surface area contributed by atoms with Crippen molar-refractivity contribution in [1.82, 2.24) is 0 Å². The SMILES string of the molecule is COC1C(O)C2CC1C1C(=O)N(c3ccccc3O)C(=O)C21. The quantitative estimate of drug-likeness (QED) is 0.778. The molecule has 6 unspecified atom stereocenters. The first kappa shape index (κ1) is 13.7. The molecule has 3 aliphatic rings. The number of carbonyl (C=O) groups is 2. The van der Waals surface area contributed by atoms with Crippen LogP contribution in [-0.2, 0) is 14.3 Å². The monoisotopic (exact) mass is 303 g/mol. The third kappa shape index (κ3) is 1.51. The van der Waals surface area contributed by atoms with Crippen molar-refractivity contribution in [3.05, 3.63) is 24.3 Å². The molecule has 0 spiro atoms. The molecule has 0 aromatic heterocycles. The summed E-state index contributed by atoms with van der Waals surface area (Å²) >= 11 is 0. The van der Waals surface area contributed by atoms with Gasteiger partial charge in [0.1, 0.15) is 5.75 Å². The molecule has 3 fully saturated rings. The van der Waals surface area contributed by atoms with Crippen molar-refractivity contribution < 1.29 is 24.5 Å². The summed E-state index contributed by atoms with van der Waals surface area (Å²) in [6.45, 7) is 0. The predicted molar refractivity (Wildman–Crippen MR) is 76.0 cm³/mol. The first-order valence-electron chi connectivity index (χ1n) is 7.43. The van der Waals surface area contributed by atoms with E-state index >= 15 is 0 Å². The topological polar surface area (TPSA) is 87.1 Å². The smallest absolute Gasteiger partial charge is 0.238 e. The highest BCUT2D eigenvalue weighted by atomic mass is 16.5. The first-order valence-corrected chi connectivity index (χ1v) is 7.43. The third-order valence-electron chi connectivity index (χ3n) is 5.46.